The summed E-state index contributed by atoms with van der Waals surface area (Å²) in [5.41, 5.74) is -0.402. The molecule has 0 aromatic heterocycles. The standard InChI is InChI=1S/C15H26O2/c1-9-5-6-10-13(2,3)11-7-15(9,10)8-12(16)14(11,4)17/h9-12,16-17H,5-8H2,1-4H3/t9?,10?,11-,12+,14-,15-/m1/s1. The van der Waals surface area contributed by atoms with Crippen LogP contribution in [0.25, 0.3) is 0 Å². The van der Waals surface area contributed by atoms with Gasteiger partial charge in [0.15, 0.2) is 0 Å². The maximum atomic E-state index is 10.7. The van der Waals surface area contributed by atoms with Gasteiger partial charge in [0.25, 0.3) is 0 Å². The number of hydrogen-bond acceptors (Lipinski definition) is 2. The monoisotopic (exact) mass is 238 g/mol. The predicted octanol–water partition coefficient (Wildman–Crippen LogP) is 2.58. The first-order valence-corrected chi connectivity index (χ1v) is 7.13. The quantitative estimate of drug-likeness (QED) is 0.681. The lowest BCUT2D eigenvalue weighted by Crippen LogP contribution is -2.53. The van der Waals surface area contributed by atoms with Gasteiger partial charge in [0.05, 0.1) is 11.7 Å². The zero-order valence-corrected chi connectivity index (χ0v) is 11.5. The molecule has 17 heavy (non-hydrogen) atoms. The molecule has 2 heteroatoms. The summed E-state index contributed by atoms with van der Waals surface area (Å²) in [6.07, 6.45) is 3.98. The molecule has 0 saturated heterocycles. The van der Waals surface area contributed by atoms with Gasteiger partial charge in [-0.2, -0.15) is 0 Å². The fourth-order valence-corrected chi connectivity index (χ4v) is 5.86. The smallest absolute Gasteiger partial charge is 0.0911 e. The maximum absolute atomic E-state index is 10.7. The van der Waals surface area contributed by atoms with Crippen LogP contribution in [0, 0.1) is 28.6 Å². The van der Waals surface area contributed by atoms with Crippen molar-refractivity contribution in [1.82, 2.24) is 0 Å². The molecule has 0 aromatic rings. The van der Waals surface area contributed by atoms with E-state index in [1.54, 1.807) is 0 Å². The Morgan fingerprint density at radius 1 is 1.00 bits per heavy atom. The van der Waals surface area contributed by atoms with Crippen molar-refractivity contribution >= 4 is 0 Å². The van der Waals surface area contributed by atoms with E-state index in [0.29, 0.717) is 17.3 Å². The summed E-state index contributed by atoms with van der Waals surface area (Å²) in [5.74, 6) is 1.66. The van der Waals surface area contributed by atoms with E-state index in [0.717, 1.165) is 12.8 Å². The van der Waals surface area contributed by atoms with Gasteiger partial charge in [-0.05, 0) is 61.2 Å². The van der Waals surface area contributed by atoms with Gasteiger partial charge < -0.3 is 10.2 Å². The highest BCUT2D eigenvalue weighted by molar-refractivity contribution is 5.19. The lowest BCUT2D eigenvalue weighted by molar-refractivity contribution is -0.153. The minimum atomic E-state index is -0.890. The summed E-state index contributed by atoms with van der Waals surface area (Å²) >= 11 is 0. The third-order valence-electron chi connectivity index (χ3n) is 6.90. The first-order valence-electron chi connectivity index (χ1n) is 7.13. The van der Waals surface area contributed by atoms with Crippen molar-refractivity contribution in [2.75, 3.05) is 0 Å². The molecule has 3 saturated carbocycles. The third kappa shape index (κ3) is 1.19. The lowest BCUT2D eigenvalue weighted by atomic mass is 9.63. The maximum Gasteiger partial charge on any atom is 0.0911 e. The molecule has 1 spiro atoms. The number of aliphatic hydroxyl groups excluding tert-OH is 1. The first-order chi connectivity index (χ1) is 7.73. The normalized spacial score (nSPS) is 60.4. The Hall–Kier alpha value is -0.0800. The van der Waals surface area contributed by atoms with Gasteiger partial charge in [-0.15, -0.1) is 0 Å². The second kappa shape index (κ2) is 3.08. The van der Waals surface area contributed by atoms with Crippen LogP contribution in [-0.4, -0.2) is 21.9 Å². The van der Waals surface area contributed by atoms with Gasteiger partial charge in [0.1, 0.15) is 0 Å². The molecular formula is C15H26O2. The van der Waals surface area contributed by atoms with E-state index in [-0.39, 0.29) is 11.3 Å². The number of rotatable bonds is 0. The van der Waals surface area contributed by atoms with E-state index >= 15 is 0 Å². The average Bonchev–Trinajstić information content (AvgIpc) is 2.61. The molecule has 0 aromatic carbocycles. The fraction of sp³-hybridized carbons (Fsp3) is 1.00. The highest BCUT2D eigenvalue weighted by Crippen LogP contribution is 2.73. The Kier molecular flexibility index (Phi) is 2.17. The predicted molar refractivity (Wildman–Crippen MR) is 67.5 cm³/mol. The van der Waals surface area contributed by atoms with Gasteiger partial charge in [-0.3, -0.25) is 0 Å². The summed E-state index contributed by atoms with van der Waals surface area (Å²) in [5, 5.41) is 21.0. The highest BCUT2D eigenvalue weighted by Gasteiger charge is 2.70. The zero-order valence-electron chi connectivity index (χ0n) is 11.5. The average molecular weight is 238 g/mol. The summed E-state index contributed by atoms with van der Waals surface area (Å²) in [4.78, 5) is 0. The number of fused-ring (bicyclic) bond motifs is 1. The van der Waals surface area contributed by atoms with Crippen LogP contribution in [0.15, 0.2) is 0 Å². The topological polar surface area (TPSA) is 40.5 Å². The molecule has 2 N–H and O–H groups in total. The summed E-state index contributed by atoms with van der Waals surface area (Å²) in [7, 11) is 0. The molecule has 0 amide bonds. The van der Waals surface area contributed by atoms with Crippen LogP contribution in [0.4, 0.5) is 0 Å². The van der Waals surface area contributed by atoms with Crippen LogP contribution >= 0.6 is 0 Å². The van der Waals surface area contributed by atoms with Crippen LogP contribution in [0.3, 0.4) is 0 Å². The Morgan fingerprint density at radius 3 is 2.29 bits per heavy atom. The zero-order chi connectivity index (χ0) is 12.6. The van der Waals surface area contributed by atoms with Crippen LogP contribution < -0.4 is 0 Å². The molecule has 3 rings (SSSR count). The highest BCUT2D eigenvalue weighted by atomic mass is 16.3. The fourth-order valence-electron chi connectivity index (χ4n) is 5.86. The van der Waals surface area contributed by atoms with Crippen molar-refractivity contribution in [3.8, 4) is 0 Å². The van der Waals surface area contributed by atoms with Crippen molar-refractivity contribution in [3.05, 3.63) is 0 Å². The van der Waals surface area contributed by atoms with Crippen LogP contribution in [-0.2, 0) is 0 Å². The molecule has 3 aliphatic rings. The van der Waals surface area contributed by atoms with Gasteiger partial charge in [-0.25, -0.2) is 0 Å². The summed E-state index contributed by atoms with van der Waals surface area (Å²) in [6.45, 7) is 8.83. The third-order valence-corrected chi connectivity index (χ3v) is 6.90. The number of aliphatic hydroxyl groups is 2. The molecule has 2 bridgehead atoms. The van der Waals surface area contributed by atoms with Crippen molar-refractivity contribution in [2.45, 2.75) is 65.1 Å². The van der Waals surface area contributed by atoms with Gasteiger partial charge >= 0.3 is 0 Å². The minimum absolute atomic E-state index is 0.172. The second-order valence-corrected chi connectivity index (χ2v) is 7.79. The van der Waals surface area contributed by atoms with Crippen molar-refractivity contribution < 1.29 is 10.2 Å². The largest absolute Gasteiger partial charge is 0.390 e. The molecule has 3 fully saturated rings. The Labute approximate surface area is 104 Å². The van der Waals surface area contributed by atoms with Crippen LogP contribution in [0.2, 0.25) is 0 Å². The first kappa shape index (κ1) is 12.0. The van der Waals surface area contributed by atoms with Gasteiger partial charge in [-0.1, -0.05) is 20.8 Å². The Morgan fingerprint density at radius 2 is 1.65 bits per heavy atom. The molecule has 0 aliphatic heterocycles. The van der Waals surface area contributed by atoms with E-state index in [1.165, 1.54) is 12.8 Å². The molecule has 0 radical (unpaired) electrons. The SMILES string of the molecule is CC1CCC2C(C)(C)[C@H]3C[C@@]12C[C@H](O)[C@]3(C)O. The Balaban J connectivity index is 2.10. The summed E-state index contributed by atoms with van der Waals surface area (Å²) in [6, 6.07) is 0. The molecule has 3 aliphatic carbocycles. The molecule has 0 heterocycles. The lowest BCUT2D eigenvalue weighted by Gasteiger charge is -2.47. The Bertz CT molecular complexity index is 347. The van der Waals surface area contributed by atoms with Crippen molar-refractivity contribution in [1.29, 1.82) is 0 Å². The second-order valence-electron chi connectivity index (χ2n) is 7.79. The molecule has 2 unspecified atom stereocenters. The van der Waals surface area contributed by atoms with E-state index < -0.39 is 11.7 Å². The molecule has 6 atom stereocenters. The van der Waals surface area contributed by atoms with E-state index in [1.807, 2.05) is 6.92 Å². The molecular weight excluding hydrogens is 212 g/mol. The molecule has 98 valence electrons. The van der Waals surface area contributed by atoms with Crippen molar-refractivity contribution in [2.24, 2.45) is 28.6 Å². The molecule has 2 nitrogen and oxygen atoms in total. The van der Waals surface area contributed by atoms with Gasteiger partial charge in [0, 0.05) is 0 Å². The number of hydrogen-bond donors (Lipinski definition) is 2. The summed E-state index contributed by atoms with van der Waals surface area (Å²) < 4.78 is 0. The van der Waals surface area contributed by atoms with Crippen LogP contribution in [0.1, 0.15) is 53.4 Å². The van der Waals surface area contributed by atoms with E-state index in [9.17, 15) is 10.2 Å². The van der Waals surface area contributed by atoms with Crippen LogP contribution in [0.5, 0.6) is 0 Å². The van der Waals surface area contributed by atoms with Gasteiger partial charge in [0.2, 0.25) is 0 Å². The van der Waals surface area contributed by atoms with E-state index in [4.69, 9.17) is 0 Å². The van der Waals surface area contributed by atoms with Crippen molar-refractivity contribution in [3.63, 3.8) is 0 Å². The minimum Gasteiger partial charge on any atom is -0.390 e. The van der Waals surface area contributed by atoms with E-state index in [2.05, 4.69) is 20.8 Å².